The van der Waals surface area contributed by atoms with Gasteiger partial charge in [-0.2, -0.15) is 0 Å². The second-order valence-corrected chi connectivity index (χ2v) is 16.7. The quantitative estimate of drug-likeness (QED) is 0.0438. The van der Waals surface area contributed by atoms with Crippen LogP contribution in [0.4, 0.5) is 0 Å². The van der Waals surface area contributed by atoms with Gasteiger partial charge >= 0.3 is 0 Å². The van der Waals surface area contributed by atoms with E-state index in [1.165, 1.54) is 31.8 Å². The van der Waals surface area contributed by atoms with Gasteiger partial charge in [-0.15, -0.1) is 0 Å². The zero-order chi connectivity index (χ0) is 40.6. The van der Waals surface area contributed by atoms with Gasteiger partial charge < -0.3 is 21.1 Å². The molecule has 9 nitrogen and oxygen atoms in total. The minimum atomic E-state index is -3.28. The number of aromatic hydroxyl groups is 1. The van der Waals surface area contributed by atoms with E-state index >= 15 is 0 Å². The second kappa shape index (κ2) is 31.3. The van der Waals surface area contributed by atoms with E-state index in [0.29, 0.717) is 45.1 Å². The van der Waals surface area contributed by atoms with Crippen LogP contribution in [0.25, 0.3) is 0 Å². The molecule has 0 spiro atoms. The molecule has 1 rings (SSSR count). The summed E-state index contributed by atoms with van der Waals surface area (Å²) in [6.07, 6.45) is 35.5. The lowest BCUT2D eigenvalue weighted by Crippen LogP contribution is -2.48. The average Bonchev–Trinajstić information content (AvgIpc) is 3.13. The summed E-state index contributed by atoms with van der Waals surface area (Å²) in [6, 6.07) is 5.52. The standard InChI is InChI=1S/C45H71N3O6S/c1-5-6-7-8-9-10-11-12-13-14-15-16-17-18-19-20-21-22-24-28-44(51)48-42(37-39-29-31-41(49)32-30-39)45(52)46-34-26-23-25-27-43(50)47-40(36-38(2)3)33-35-55(4,53)54/h9-10,12-13,15-16,18-19,29-33,35,38,40,42,49H,5-8,11,14,17,20-28,34,36-37H2,1-4H3,(H,46,52)(H,47,50)(H,48,51)/b10-9-,13-12-,16-15-,19-18-,35-33+/t40-,42+/m1/s1. The summed E-state index contributed by atoms with van der Waals surface area (Å²) in [6.45, 7) is 6.67. The molecule has 0 heterocycles. The smallest absolute Gasteiger partial charge is 0.242 e. The van der Waals surface area contributed by atoms with Gasteiger partial charge in [0.1, 0.15) is 11.8 Å². The van der Waals surface area contributed by atoms with Crippen molar-refractivity contribution < 1.29 is 27.9 Å². The highest BCUT2D eigenvalue weighted by Crippen LogP contribution is 2.13. The first-order valence-electron chi connectivity index (χ1n) is 20.5. The summed E-state index contributed by atoms with van der Waals surface area (Å²) in [5.41, 5.74) is 0.824. The SMILES string of the molecule is CCCCC/C=C\C/C=C\C/C=C\C/C=C\CCCCCC(=O)N[C@@H](Cc1ccc(O)cc1)C(=O)NCCCCCC(=O)N[C@H](/C=C/S(C)(=O)=O)CC(C)C. The Labute approximate surface area is 333 Å². The van der Waals surface area contributed by atoms with Crippen LogP contribution in [0.1, 0.15) is 135 Å². The van der Waals surface area contributed by atoms with E-state index in [-0.39, 0.29) is 35.4 Å². The molecule has 1 aromatic rings. The summed E-state index contributed by atoms with van der Waals surface area (Å²) in [5, 5.41) is 19.6. The van der Waals surface area contributed by atoms with Crippen molar-refractivity contribution in [3.8, 4) is 5.75 Å². The number of carbonyl (C=O) groups is 3. The molecule has 0 radical (unpaired) electrons. The molecule has 10 heteroatoms. The highest BCUT2D eigenvalue weighted by atomic mass is 32.2. The average molecular weight is 782 g/mol. The Morgan fingerprint density at radius 3 is 1.78 bits per heavy atom. The normalized spacial score (nSPS) is 13.5. The maximum Gasteiger partial charge on any atom is 0.242 e. The fourth-order valence-electron chi connectivity index (χ4n) is 5.76. The predicted octanol–water partition coefficient (Wildman–Crippen LogP) is 9.11. The van der Waals surface area contributed by atoms with Crippen molar-refractivity contribution >= 4 is 27.6 Å². The van der Waals surface area contributed by atoms with E-state index in [9.17, 15) is 27.9 Å². The Balaban J connectivity index is 2.38. The molecular formula is C45H71N3O6S. The monoisotopic (exact) mass is 782 g/mol. The summed E-state index contributed by atoms with van der Waals surface area (Å²) < 4.78 is 23.0. The predicted molar refractivity (Wildman–Crippen MR) is 228 cm³/mol. The maximum atomic E-state index is 13.2. The third-order valence-corrected chi connectivity index (χ3v) is 9.42. The van der Waals surface area contributed by atoms with E-state index in [0.717, 1.165) is 68.6 Å². The number of hydrogen-bond donors (Lipinski definition) is 4. The van der Waals surface area contributed by atoms with E-state index in [4.69, 9.17) is 0 Å². The molecule has 0 saturated carbocycles. The molecule has 55 heavy (non-hydrogen) atoms. The first kappa shape index (κ1) is 49.1. The zero-order valence-electron chi connectivity index (χ0n) is 34.1. The van der Waals surface area contributed by atoms with Crippen LogP contribution in [-0.4, -0.2) is 56.1 Å². The molecule has 1 aromatic carbocycles. The molecule has 0 saturated heterocycles. The van der Waals surface area contributed by atoms with Crippen LogP contribution in [0.15, 0.2) is 84.4 Å². The molecular weight excluding hydrogens is 711 g/mol. The maximum absolute atomic E-state index is 13.2. The third kappa shape index (κ3) is 30.0. The number of allylic oxidation sites excluding steroid dienone is 8. The molecule has 0 fully saturated rings. The van der Waals surface area contributed by atoms with Gasteiger partial charge in [0.2, 0.25) is 17.7 Å². The minimum Gasteiger partial charge on any atom is -0.508 e. The summed E-state index contributed by atoms with van der Waals surface area (Å²) in [4.78, 5) is 38.5. The fraction of sp³-hybridized carbons (Fsp3) is 0.578. The number of sulfone groups is 1. The van der Waals surface area contributed by atoms with Crippen LogP contribution in [0, 0.1) is 5.92 Å². The minimum absolute atomic E-state index is 0.134. The van der Waals surface area contributed by atoms with E-state index in [2.05, 4.69) is 71.5 Å². The summed E-state index contributed by atoms with van der Waals surface area (Å²) in [5.74, 6) is -0.152. The van der Waals surface area contributed by atoms with Crippen LogP contribution in [0.5, 0.6) is 5.75 Å². The summed E-state index contributed by atoms with van der Waals surface area (Å²) in [7, 11) is -3.28. The molecule has 308 valence electrons. The molecule has 0 aliphatic rings. The number of amides is 3. The Morgan fingerprint density at radius 2 is 1.24 bits per heavy atom. The van der Waals surface area contributed by atoms with Crippen molar-refractivity contribution in [2.75, 3.05) is 12.8 Å². The molecule has 3 amide bonds. The van der Waals surface area contributed by atoms with Gasteiger partial charge in [-0.05, 0) is 94.2 Å². The van der Waals surface area contributed by atoms with Gasteiger partial charge in [0, 0.05) is 43.5 Å². The van der Waals surface area contributed by atoms with Crippen molar-refractivity contribution in [3.63, 3.8) is 0 Å². The molecule has 0 aliphatic heterocycles. The fourth-order valence-corrected chi connectivity index (χ4v) is 6.24. The Hall–Kier alpha value is -3.92. The first-order chi connectivity index (χ1) is 26.4. The molecule has 4 N–H and O–H groups in total. The van der Waals surface area contributed by atoms with Crippen LogP contribution < -0.4 is 16.0 Å². The molecule has 0 bridgehead atoms. The number of phenolic OH excluding ortho intramolecular Hbond substituents is 1. The largest absolute Gasteiger partial charge is 0.508 e. The van der Waals surface area contributed by atoms with Gasteiger partial charge in [0.05, 0.1) is 0 Å². The van der Waals surface area contributed by atoms with E-state index in [1.807, 2.05) is 13.8 Å². The number of benzene rings is 1. The molecule has 0 aromatic heterocycles. The van der Waals surface area contributed by atoms with Crippen molar-refractivity contribution in [1.29, 1.82) is 0 Å². The van der Waals surface area contributed by atoms with E-state index < -0.39 is 15.9 Å². The lowest BCUT2D eigenvalue weighted by atomic mass is 10.0. The van der Waals surface area contributed by atoms with Gasteiger partial charge in [0.15, 0.2) is 9.84 Å². The molecule has 0 unspecified atom stereocenters. The number of nitrogens with one attached hydrogen (secondary N) is 3. The highest BCUT2D eigenvalue weighted by Gasteiger charge is 2.21. The highest BCUT2D eigenvalue weighted by molar-refractivity contribution is 7.93. The van der Waals surface area contributed by atoms with Crippen molar-refractivity contribution in [2.45, 2.75) is 148 Å². The zero-order valence-corrected chi connectivity index (χ0v) is 35.0. The van der Waals surface area contributed by atoms with E-state index in [1.54, 1.807) is 24.3 Å². The Morgan fingerprint density at radius 1 is 0.709 bits per heavy atom. The van der Waals surface area contributed by atoms with Crippen molar-refractivity contribution in [2.24, 2.45) is 5.92 Å². The van der Waals surface area contributed by atoms with Crippen molar-refractivity contribution in [1.82, 2.24) is 16.0 Å². The number of rotatable bonds is 31. The van der Waals surface area contributed by atoms with Gasteiger partial charge in [-0.25, -0.2) is 8.42 Å². The van der Waals surface area contributed by atoms with Crippen molar-refractivity contribution in [3.05, 3.63) is 89.9 Å². The van der Waals surface area contributed by atoms with Crippen LogP contribution in [-0.2, 0) is 30.6 Å². The molecule has 0 aliphatic carbocycles. The topological polar surface area (TPSA) is 142 Å². The van der Waals surface area contributed by atoms with Gasteiger partial charge in [-0.1, -0.05) is 113 Å². The number of phenols is 1. The van der Waals surface area contributed by atoms with Gasteiger partial charge in [0.25, 0.3) is 0 Å². The Bertz CT molecular complexity index is 1460. The molecule has 2 atom stereocenters. The van der Waals surface area contributed by atoms with Crippen LogP contribution >= 0.6 is 0 Å². The number of unbranched alkanes of at least 4 members (excludes halogenated alkanes) is 8. The Kier molecular flexibility index (Phi) is 27.9. The second-order valence-electron chi connectivity index (χ2n) is 14.7. The summed E-state index contributed by atoms with van der Waals surface area (Å²) >= 11 is 0. The third-order valence-electron chi connectivity index (χ3n) is 8.77. The first-order valence-corrected chi connectivity index (χ1v) is 22.5. The lowest BCUT2D eigenvalue weighted by Gasteiger charge is -2.19. The number of carbonyl (C=O) groups excluding carboxylic acids is 3. The lowest BCUT2D eigenvalue weighted by molar-refractivity contribution is -0.129. The van der Waals surface area contributed by atoms with Crippen LogP contribution in [0.2, 0.25) is 0 Å². The van der Waals surface area contributed by atoms with Crippen LogP contribution in [0.3, 0.4) is 0 Å². The van der Waals surface area contributed by atoms with Gasteiger partial charge in [-0.3, -0.25) is 14.4 Å². The number of hydrogen-bond acceptors (Lipinski definition) is 6.